The molecule has 0 amide bonds. The van der Waals surface area contributed by atoms with Gasteiger partial charge in [0.1, 0.15) is 0 Å². The molecule has 0 radical (unpaired) electrons. The molecule has 0 aliphatic heterocycles. The number of methoxy groups -OCH3 is 2. The van der Waals surface area contributed by atoms with Crippen molar-refractivity contribution in [2.24, 2.45) is 0 Å². The molecule has 2 atom stereocenters. The highest BCUT2D eigenvalue weighted by Crippen LogP contribution is 2.22. The SMILES string of the molecule is COC(OC)C(C)NC(C)c1cc(C)c(C)cc1C. The van der Waals surface area contributed by atoms with Gasteiger partial charge < -0.3 is 14.8 Å². The van der Waals surface area contributed by atoms with Gasteiger partial charge in [-0.3, -0.25) is 0 Å². The molecule has 0 fully saturated rings. The molecule has 0 saturated carbocycles. The van der Waals surface area contributed by atoms with Gasteiger partial charge in [0.25, 0.3) is 0 Å². The molecule has 108 valence electrons. The average Bonchev–Trinajstić information content (AvgIpc) is 2.35. The van der Waals surface area contributed by atoms with E-state index in [1.165, 1.54) is 22.3 Å². The predicted octanol–water partition coefficient (Wildman–Crippen LogP) is 3.27. The summed E-state index contributed by atoms with van der Waals surface area (Å²) in [7, 11) is 3.33. The first-order valence-corrected chi connectivity index (χ1v) is 6.80. The first-order valence-electron chi connectivity index (χ1n) is 6.80. The van der Waals surface area contributed by atoms with Gasteiger partial charge in [-0.2, -0.15) is 0 Å². The lowest BCUT2D eigenvalue weighted by molar-refractivity contribution is -0.120. The minimum atomic E-state index is -0.227. The fraction of sp³-hybridized carbons (Fsp3) is 0.625. The Morgan fingerprint density at radius 2 is 1.42 bits per heavy atom. The van der Waals surface area contributed by atoms with Crippen LogP contribution in [0.1, 0.15) is 42.1 Å². The van der Waals surface area contributed by atoms with E-state index in [2.05, 4.69) is 52.1 Å². The van der Waals surface area contributed by atoms with Crippen molar-refractivity contribution in [3.63, 3.8) is 0 Å². The van der Waals surface area contributed by atoms with Crippen LogP contribution in [0.4, 0.5) is 0 Å². The minimum Gasteiger partial charge on any atom is -0.354 e. The van der Waals surface area contributed by atoms with Gasteiger partial charge in [-0.05, 0) is 56.9 Å². The van der Waals surface area contributed by atoms with Gasteiger partial charge in [0.15, 0.2) is 6.29 Å². The fourth-order valence-corrected chi connectivity index (χ4v) is 2.52. The van der Waals surface area contributed by atoms with Crippen molar-refractivity contribution in [1.82, 2.24) is 5.32 Å². The number of rotatable bonds is 6. The largest absolute Gasteiger partial charge is 0.354 e. The van der Waals surface area contributed by atoms with Crippen molar-refractivity contribution in [1.29, 1.82) is 0 Å². The molecule has 0 aliphatic rings. The second-order valence-corrected chi connectivity index (χ2v) is 5.31. The maximum absolute atomic E-state index is 5.29. The van der Waals surface area contributed by atoms with E-state index in [-0.39, 0.29) is 18.4 Å². The van der Waals surface area contributed by atoms with Gasteiger partial charge in [0.05, 0.1) is 6.04 Å². The van der Waals surface area contributed by atoms with E-state index in [1.807, 2.05) is 0 Å². The molecule has 0 spiro atoms. The average molecular weight is 265 g/mol. The van der Waals surface area contributed by atoms with E-state index >= 15 is 0 Å². The summed E-state index contributed by atoms with van der Waals surface area (Å²) in [6.07, 6.45) is -0.227. The van der Waals surface area contributed by atoms with E-state index in [0.29, 0.717) is 0 Å². The number of benzene rings is 1. The number of ether oxygens (including phenoxy) is 2. The molecule has 19 heavy (non-hydrogen) atoms. The van der Waals surface area contributed by atoms with Gasteiger partial charge in [0, 0.05) is 20.3 Å². The van der Waals surface area contributed by atoms with Crippen LogP contribution in [-0.4, -0.2) is 26.6 Å². The van der Waals surface area contributed by atoms with Crippen LogP contribution in [-0.2, 0) is 9.47 Å². The molecule has 3 nitrogen and oxygen atoms in total. The van der Waals surface area contributed by atoms with E-state index in [9.17, 15) is 0 Å². The third-order valence-electron chi connectivity index (χ3n) is 3.73. The lowest BCUT2D eigenvalue weighted by Gasteiger charge is -2.27. The summed E-state index contributed by atoms with van der Waals surface area (Å²) in [5.74, 6) is 0. The second-order valence-electron chi connectivity index (χ2n) is 5.31. The molecule has 0 aromatic heterocycles. The summed E-state index contributed by atoms with van der Waals surface area (Å²) >= 11 is 0. The molecular weight excluding hydrogens is 238 g/mol. The highest BCUT2D eigenvalue weighted by atomic mass is 16.7. The molecule has 1 rings (SSSR count). The van der Waals surface area contributed by atoms with Crippen molar-refractivity contribution in [2.75, 3.05) is 14.2 Å². The van der Waals surface area contributed by atoms with Crippen LogP contribution in [0.5, 0.6) is 0 Å². The molecule has 0 aliphatic carbocycles. The van der Waals surface area contributed by atoms with E-state index in [0.717, 1.165) is 0 Å². The summed E-state index contributed by atoms with van der Waals surface area (Å²) in [6, 6.07) is 4.91. The molecule has 0 bridgehead atoms. The molecule has 2 unspecified atom stereocenters. The fourth-order valence-electron chi connectivity index (χ4n) is 2.52. The summed E-state index contributed by atoms with van der Waals surface area (Å²) in [6.45, 7) is 10.7. The Morgan fingerprint density at radius 3 is 1.95 bits per heavy atom. The van der Waals surface area contributed by atoms with Gasteiger partial charge >= 0.3 is 0 Å². The zero-order chi connectivity index (χ0) is 14.6. The number of hydrogen-bond donors (Lipinski definition) is 1. The van der Waals surface area contributed by atoms with Gasteiger partial charge in [0.2, 0.25) is 0 Å². The van der Waals surface area contributed by atoms with Gasteiger partial charge in [-0.25, -0.2) is 0 Å². The summed E-state index contributed by atoms with van der Waals surface area (Å²) in [4.78, 5) is 0. The van der Waals surface area contributed by atoms with Crippen LogP contribution in [0.2, 0.25) is 0 Å². The van der Waals surface area contributed by atoms with Crippen LogP contribution in [0, 0.1) is 20.8 Å². The summed E-state index contributed by atoms with van der Waals surface area (Å²) < 4.78 is 10.6. The molecule has 0 saturated heterocycles. The smallest absolute Gasteiger partial charge is 0.171 e. The minimum absolute atomic E-state index is 0.131. The third kappa shape index (κ3) is 4.03. The Labute approximate surface area is 117 Å². The van der Waals surface area contributed by atoms with E-state index < -0.39 is 0 Å². The maximum Gasteiger partial charge on any atom is 0.171 e. The molecule has 0 heterocycles. The van der Waals surface area contributed by atoms with Gasteiger partial charge in [-0.1, -0.05) is 12.1 Å². The van der Waals surface area contributed by atoms with Crippen molar-refractivity contribution in [3.05, 3.63) is 34.4 Å². The highest BCUT2D eigenvalue weighted by molar-refractivity contribution is 5.38. The van der Waals surface area contributed by atoms with Crippen LogP contribution >= 0.6 is 0 Å². The number of hydrogen-bond acceptors (Lipinski definition) is 3. The van der Waals surface area contributed by atoms with Crippen LogP contribution in [0.15, 0.2) is 12.1 Å². The zero-order valence-electron chi connectivity index (χ0n) is 13.2. The standard InChI is InChI=1S/C16H27NO2/c1-10-8-12(3)15(9-11(10)2)13(4)17-14(5)16(18-6)19-7/h8-9,13-14,16-17H,1-7H3. The Morgan fingerprint density at radius 1 is 0.895 bits per heavy atom. The van der Waals surface area contributed by atoms with E-state index in [1.54, 1.807) is 14.2 Å². The Balaban J connectivity index is 2.83. The normalized spacial score (nSPS) is 14.7. The molecule has 1 aromatic carbocycles. The number of aryl methyl sites for hydroxylation is 3. The van der Waals surface area contributed by atoms with E-state index in [4.69, 9.17) is 9.47 Å². The molecule has 3 heteroatoms. The maximum atomic E-state index is 5.29. The lowest BCUT2D eigenvalue weighted by Crippen LogP contribution is -2.41. The summed E-state index contributed by atoms with van der Waals surface area (Å²) in [5.41, 5.74) is 5.33. The van der Waals surface area contributed by atoms with Crippen molar-refractivity contribution < 1.29 is 9.47 Å². The Hall–Kier alpha value is -0.900. The Kier molecular flexibility index (Phi) is 5.98. The molecule has 1 aromatic rings. The lowest BCUT2D eigenvalue weighted by atomic mass is 9.96. The monoisotopic (exact) mass is 265 g/mol. The zero-order valence-corrected chi connectivity index (χ0v) is 13.2. The Bertz CT molecular complexity index is 413. The topological polar surface area (TPSA) is 30.5 Å². The number of nitrogens with one attached hydrogen (secondary N) is 1. The predicted molar refractivity (Wildman–Crippen MR) is 79.5 cm³/mol. The van der Waals surface area contributed by atoms with Gasteiger partial charge in [-0.15, -0.1) is 0 Å². The van der Waals surface area contributed by atoms with Crippen LogP contribution < -0.4 is 5.32 Å². The first-order chi connectivity index (χ1) is 8.90. The van der Waals surface area contributed by atoms with Crippen molar-refractivity contribution in [2.45, 2.75) is 53.0 Å². The highest BCUT2D eigenvalue weighted by Gasteiger charge is 2.19. The first kappa shape index (κ1) is 16.2. The quantitative estimate of drug-likeness (QED) is 0.801. The summed E-state index contributed by atoms with van der Waals surface area (Å²) in [5, 5.41) is 3.54. The molecular formula is C16H27NO2. The third-order valence-corrected chi connectivity index (χ3v) is 3.73. The second kappa shape index (κ2) is 7.04. The molecule has 1 N–H and O–H groups in total. The van der Waals surface area contributed by atoms with Crippen molar-refractivity contribution >= 4 is 0 Å². The van der Waals surface area contributed by atoms with Crippen LogP contribution in [0.25, 0.3) is 0 Å². The van der Waals surface area contributed by atoms with Crippen LogP contribution in [0.3, 0.4) is 0 Å². The van der Waals surface area contributed by atoms with Crippen molar-refractivity contribution in [3.8, 4) is 0 Å².